The summed E-state index contributed by atoms with van der Waals surface area (Å²) in [7, 11) is 0. The van der Waals surface area contributed by atoms with Gasteiger partial charge >= 0.3 is 5.97 Å². The summed E-state index contributed by atoms with van der Waals surface area (Å²) in [6.45, 7) is 0.108. The lowest BCUT2D eigenvalue weighted by Crippen LogP contribution is -2.15. The minimum Gasteiger partial charge on any atom is -0.492 e. The van der Waals surface area contributed by atoms with Gasteiger partial charge in [0, 0.05) is 17.1 Å². The molecule has 0 spiro atoms. The molecule has 0 aliphatic carbocycles. The highest BCUT2D eigenvalue weighted by Crippen LogP contribution is 2.21. The van der Waals surface area contributed by atoms with E-state index in [1.54, 1.807) is 11.4 Å². The fraction of sp³-hybridized carbons (Fsp3) is 0.143. The SMILES string of the molecule is O=C(CCOc1csc(C(=O)O)c1)Nc1cccc(F)c1. The molecule has 110 valence electrons. The molecule has 0 unspecified atom stereocenters. The maximum atomic E-state index is 12.9. The summed E-state index contributed by atoms with van der Waals surface area (Å²) in [5.41, 5.74) is 0.378. The van der Waals surface area contributed by atoms with E-state index >= 15 is 0 Å². The molecule has 1 amide bonds. The van der Waals surface area contributed by atoms with Gasteiger partial charge in [0.25, 0.3) is 0 Å². The molecule has 2 N–H and O–H groups in total. The van der Waals surface area contributed by atoms with Crippen LogP contribution in [-0.4, -0.2) is 23.6 Å². The van der Waals surface area contributed by atoms with E-state index < -0.39 is 11.8 Å². The number of ether oxygens (including phenoxy) is 1. The molecular formula is C14H12FNO4S. The van der Waals surface area contributed by atoms with Crippen molar-refractivity contribution in [3.05, 3.63) is 46.4 Å². The maximum absolute atomic E-state index is 12.9. The van der Waals surface area contributed by atoms with Gasteiger partial charge in [0.1, 0.15) is 16.4 Å². The van der Waals surface area contributed by atoms with Crippen LogP contribution in [0.3, 0.4) is 0 Å². The standard InChI is InChI=1S/C14H12FNO4S/c15-9-2-1-3-10(6-9)16-13(17)4-5-20-11-7-12(14(18)19)21-8-11/h1-3,6-8H,4-5H2,(H,16,17)(H,18,19). The maximum Gasteiger partial charge on any atom is 0.346 e. The molecule has 0 aliphatic heterocycles. The van der Waals surface area contributed by atoms with Gasteiger partial charge in [0.15, 0.2) is 0 Å². The zero-order valence-corrected chi connectivity index (χ0v) is 11.7. The van der Waals surface area contributed by atoms with Gasteiger partial charge in [-0.25, -0.2) is 9.18 Å². The van der Waals surface area contributed by atoms with E-state index in [9.17, 15) is 14.0 Å². The third kappa shape index (κ3) is 4.57. The van der Waals surface area contributed by atoms with Crippen molar-refractivity contribution in [3.63, 3.8) is 0 Å². The smallest absolute Gasteiger partial charge is 0.346 e. The fourth-order valence-corrected chi connectivity index (χ4v) is 2.22. The van der Waals surface area contributed by atoms with E-state index in [2.05, 4.69) is 5.32 Å². The number of hydrogen-bond acceptors (Lipinski definition) is 4. The number of rotatable bonds is 6. The Morgan fingerprint density at radius 3 is 2.81 bits per heavy atom. The molecule has 0 fully saturated rings. The van der Waals surface area contributed by atoms with Crippen LogP contribution >= 0.6 is 11.3 Å². The molecular weight excluding hydrogens is 297 g/mol. The van der Waals surface area contributed by atoms with Crippen molar-refractivity contribution in [1.82, 2.24) is 0 Å². The van der Waals surface area contributed by atoms with Crippen LogP contribution in [0.4, 0.5) is 10.1 Å². The Balaban J connectivity index is 1.77. The van der Waals surface area contributed by atoms with E-state index in [-0.39, 0.29) is 23.8 Å². The lowest BCUT2D eigenvalue weighted by Gasteiger charge is -2.06. The number of carboxylic acid groups (broad SMARTS) is 1. The van der Waals surface area contributed by atoms with Crippen molar-refractivity contribution in [3.8, 4) is 5.75 Å². The summed E-state index contributed by atoms with van der Waals surface area (Å²) < 4.78 is 18.2. The lowest BCUT2D eigenvalue weighted by atomic mass is 10.3. The van der Waals surface area contributed by atoms with Crippen LogP contribution in [0.25, 0.3) is 0 Å². The molecule has 0 atom stereocenters. The predicted molar refractivity (Wildman–Crippen MR) is 76.4 cm³/mol. The quantitative estimate of drug-likeness (QED) is 0.860. The Labute approximate surface area is 124 Å². The minimum atomic E-state index is -1.02. The number of anilines is 1. The number of carbonyl (C=O) groups excluding carboxylic acids is 1. The summed E-state index contributed by atoms with van der Waals surface area (Å²) in [5.74, 6) is -1.34. The molecule has 0 aliphatic rings. The van der Waals surface area contributed by atoms with E-state index in [1.807, 2.05) is 0 Å². The zero-order valence-electron chi connectivity index (χ0n) is 10.8. The third-order valence-corrected chi connectivity index (χ3v) is 3.39. The molecule has 21 heavy (non-hydrogen) atoms. The molecule has 2 aromatic rings. The molecule has 0 saturated carbocycles. The van der Waals surface area contributed by atoms with E-state index in [0.29, 0.717) is 11.4 Å². The summed E-state index contributed by atoms with van der Waals surface area (Å²) in [6.07, 6.45) is 0.0781. The van der Waals surface area contributed by atoms with Crippen molar-refractivity contribution in [2.75, 3.05) is 11.9 Å². The molecule has 1 aromatic heterocycles. The number of carbonyl (C=O) groups is 2. The van der Waals surface area contributed by atoms with Crippen LogP contribution in [0.2, 0.25) is 0 Å². The van der Waals surface area contributed by atoms with Crippen LogP contribution in [0.1, 0.15) is 16.1 Å². The number of amides is 1. The molecule has 7 heteroatoms. The van der Waals surface area contributed by atoms with Crippen molar-refractivity contribution < 1.29 is 23.8 Å². The number of thiophene rings is 1. The van der Waals surface area contributed by atoms with Crippen LogP contribution in [0, 0.1) is 5.82 Å². The van der Waals surface area contributed by atoms with Crippen molar-refractivity contribution in [1.29, 1.82) is 0 Å². The van der Waals surface area contributed by atoms with Gasteiger partial charge in [-0.1, -0.05) is 6.07 Å². The highest BCUT2D eigenvalue weighted by Gasteiger charge is 2.08. The van der Waals surface area contributed by atoms with E-state index in [0.717, 1.165) is 11.3 Å². The predicted octanol–water partition coefficient (Wildman–Crippen LogP) is 2.99. The first-order chi connectivity index (χ1) is 10.0. The van der Waals surface area contributed by atoms with Crippen LogP contribution in [-0.2, 0) is 4.79 Å². The highest BCUT2D eigenvalue weighted by atomic mass is 32.1. The molecule has 5 nitrogen and oxygen atoms in total. The first-order valence-electron chi connectivity index (χ1n) is 6.04. The van der Waals surface area contributed by atoms with Crippen molar-refractivity contribution in [2.24, 2.45) is 0 Å². The van der Waals surface area contributed by atoms with E-state index in [4.69, 9.17) is 9.84 Å². The second kappa shape index (κ2) is 6.85. The summed E-state index contributed by atoms with van der Waals surface area (Å²) in [6, 6.07) is 6.99. The van der Waals surface area contributed by atoms with Gasteiger partial charge in [-0.2, -0.15) is 0 Å². The number of aromatic carboxylic acids is 1. The highest BCUT2D eigenvalue weighted by molar-refractivity contribution is 7.12. The second-order valence-electron chi connectivity index (χ2n) is 4.11. The normalized spacial score (nSPS) is 10.1. The van der Waals surface area contributed by atoms with Gasteiger partial charge in [-0.15, -0.1) is 11.3 Å². The van der Waals surface area contributed by atoms with Crippen molar-refractivity contribution in [2.45, 2.75) is 6.42 Å². The molecule has 2 rings (SSSR count). The van der Waals surface area contributed by atoms with Gasteiger partial charge in [-0.05, 0) is 18.2 Å². The second-order valence-corrected chi connectivity index (χ2v) is 5.02. The minimum absolute atomic E-state index is 0.0781. The van der Waals surface area contributed by atoms with Crippen LogP contribution in [0.5, 0.6) is 5.75 Å². The van der Waals surface area contributed by atoms with Crippen LogP contribution in [0.15, 0.2) is 35.7 Å². The number of carboxylic acids is 1. The Morgan fingerprint density at radius 2 is 2.14 bits per heavy atom. The Morgan fingerprint density at radius 1 is 1.33 bits per heavy atom. The Kier molecular flexibility index (Phi) is 4.89. The fourth-order valence-electron chi connectivity index (χ4n) is 1.56. The van der Waals surface area contributed by atoms with Crippen LogP contribution < -0.4 is 10.1 Å². The third-order valence-electron chi connectivity index (χ3n) is 2.49. The number of hydrogen-bond donors (Lipinski definition) is 2. The van der Waals surface area contributed by atoms with Crippen molar-refractivity contribution >= 4 is 28.9 Å². The first-order valence-corrected chi connectivity index (χ1v) is 6.92. The number of nitrogens with one attached hydrogen (secondary N) is 1. The summed E-state index contributed by atoms with van der Waals surface area (Å²) in [5, 5.41) is 12.9. The molecule has 0 saturated heterocycles. The zero-order chi connectivity index (χ0) is 15.2. The molecule has 0 bridgehead atoms. The topological polar surface area (TPSA) is 75.6 Å². The number of benzene rings is 1. The lowest BCUT2D eigenvalue weighted by molar-refractivity contribution is -0.116. The summed E-state index contributed by atoms with van der Waals surface area (Å²) in [4.78, 5) is 22.5. The summed E-state index contributed by atoms with van der Waals surface area (Å²) >= 11 is 1.05. The Bertz CT molecular complexity index is 656. The molecule has 0 radical (unpaired) electrons. The van der Waals surface area contributed by atoms with Gasteiger partial charge in [0.05, 0.1) is 13.0 Å². The largest absolute Gasteiger partial charge is 0.492 e. The molecule has 1 aromatic carbocycles. The average Bonchev–Trinajstić information content (AvgIpc) is 2.87. The molecule has 1 heterocycles. The first kappa shape index (κ1) is 15.0. The monoisotopic (exact) mass is 309 g/mol. The van der Waals surface area contributed by atoms with E-state index in [1.165, 1.54) is 24.3 Å². The van der Waals surface area contributed by atoms with Gasteiger partial charge in [0.2, 0.25) is 5.91 Å². The average molecular weight is 309 g/mol. The number of halogens is 1. The Hall–Kier alpha value is -2.41. The van der Waals surface area contributed by atoms with Gasteiger partial charge in [-0.3, -0.25) is 4.79 Å². The van der Waals surface area contributed by atoms with Gasteiger partial charge < -0.3 is 15.2 Å².